The van der Waals surface area contributed by atoms with E-state index in [1.165, 1.54) is 6.08 Å². The number of hydrogen-bond donors (Lipinski definition) is 3. The summed E-state index contributed by atoms with van der Waals surface area (Å²) in [6.07, 6.45) is 3.73. The van der Waals surface area contributed by atoms with E-state index in [0.29, 0.717) is 13.0 Å². The van der Waals surface area contributed by atoms with E-state index >= 15 is 0 Å². The van der Waals surface area contributed by atoms with Gasteiger partial charge in [0.05, 0.1) is 0 Å². The van der Waals surface area contributed by atoms with Crippen LogP contribution < -0.4 is 10.6 Å². The topological polar surface area (TPSA) is 61.4 Å². The van der Waals surface area contributed by atoms with Crippen LogP contribution in [0, 0.1) is 0 Å². The molecule has 1 amide bonds. The van der Waals surface area contributed by atoms with E-state index in [1.54, 1.807) is 6.08 Å². The lowest BCUT2D eigenvalue weighted by atomic mass is 10.2. The summed E-state index contributed by atoms with van der Waals surface area (Å²) in [5.41, 5.74) is 0.951. The first-order valence-electron chi connectivity index (χ1n) is 5.65. The number of aliphatic hydroxyl groups is 1. The Labute approximate surface area is 112 Å². The Kier molecular flexibility index (Phi) is 6.68. The van der Waals surface area contributed by atoms with Crippen LogP contribution in [0.1, 0.15) is 12.0 Å². The van der Waals surface area contributed by atoms with E-state index < -0.39 is 0 Å². The van der Waals surface area contributed by atoms with Gasteiger partial charge in [-0.25, -0.2) is 0 Å². The first kappa shape index (κ1) is 14.3. The second kappa shape index (κ2) is 8.38. The van der Waals surface area contributed by atoms with Gasteiger partial charge in [-0.05, 0) is 30.3 Å². The van der Waals surface area contributed by atoms with Crippen molar-refractivity contribution in [1.29, 1.82) is 0 Å². The molecule has 0 aromatic heterocycles. The van der Waals surface area contributed by atoms with Crippen LogP contribution in [-0.2, 0) is 4.79 Å². The molecule has 0 fully saturated rings. The van der Waals surface area contributed by atoms with Gasteiger partial charge >= 0.3 is 0 Å². The molecule has 0 aliphatic carbocycles. The van der Waals surface area contributed by atoms with Crippen LogP contribution >= 0.6 is 12.2 Å². The van der Waals surface area contributed by atoms with Gasteiger partial charge < -0.3 is 10.4 Å². The van der Waals surface area contributed by atoms with Gasteiger partial charge in [0.2, 0.25) is 5.91 Å². The largest absolute Gasteiger partial charge is 0.396 e. The molecule has 4 nitrogen and oxygen atoms in total. The Morgan fingerprint density at radius 2 is 2.06 bits per heavy atom. The number of rotatable bonds is 5. The second-order valence-electron chi connectivity index (χ2n) is 3.57. The lowest BCUT2D eigenvalue weighted by Gasteiger charge is -2.06. The fourth-order valence-electron chi connectivity index (χ4n) is 1.21. The van der Waals surface area contributed by atoms with Gasteiger partial charge in [0.1, 0.15) is 0 Å². The molecule has 0 bridgehead atoms. The third kappa shape index (κ3) is 6.12. The molecule has 1 aromatic rings. The number of nitrogens with one attached hydrogen (secondary N) is 2. The van der Waals surface area contributed by atoms with Gasteiger partial charge in [-0.2, -0.15) is 0 Å². The van der Waals surface area contributed by atoms with Gasteiger partial charge in [-0.3, -0.25) is 10.1 Å². The van der Waals surface area contributed by atoms with Crippen molar-refractivity contribution in [3.8, 4) is 0 Å². The molecule has 0 saturated carbocycles. The molecule has 0 spiro atoms. The van der Waals surface area contributed by atoms with Gasteiger partial charge in [0.25, 0.3) is 0 Å². The van der Waals surface area contributed by atoms with Crippen LogP contribution in [0.5, 0.6) is 0 Å². The Bertz CT molecular complexity index is 418. The van der Waals surface area contributed by atoms with E-state index in [0.717, 1.165) is 5.56 Å². The zero-order valence-corrected chi connectivity index (χ0v) is 10.7. The van der Waals surface area contributed by atoms with Crippen molar-refractivity contribution in [2.75, 3.05) is 13.2 Å². The zero-order valence-electron chi connectivity index (χ0n) is 9.93. The van der Waals surface area contributed by atoms with Crippen LogP contribution in [-0.4, -0.2) is 29.3 Å². The van der Waals surface area contributed by atoms with Gasteiger partial charge in [-0.15, -0.1) is 0 Å². The third-order valence-electron chi connectivity index (χ3n) is 2.08. The number of carbonyl (C=O) groups is 1. The summed E-state index contributed by atoms with van der Waals surface area (Å²) >= 11 is 4.92. The molecule has 18 heavy (non-hydrogen) atoms. The summed E-state index contributed by atoms with van der Waals surface area (Å²) in [4.78, 5) is 11.5. The molecule has 5 heteroatoms. The molecule has 0 unspecified atom stereocenters. The monoisotopic (exact) mass is 264 g/mol. The molecular weight excluding hydrogens is 248 g/mol. The second-order valence-corrected chi connectivity index (χ2v) is 3.97. The summed E-state index contributed by atoms with van der Waals surface area (Å²) in [6.45, 7) is 0.634. The summed E-state index contributed by atoms with van der Waals surface area (Å²) in [5.74, 6) is -0.277. The van der Waals surface area contributed by atoms with E-state index in [4.69, 9.17) is 17.3 Å². The van der Waals surface area contributed by atoms with Crippen molar-refractivity contribution < 1.29 is 9.90 Å². The Morgan fingerprint density at radius 1 is 1.33 bits per heavy atom. The lowest BCUT2D eigenvalue weighted by Crippen LogP contribution is -2.38. The predicted octanol–water partition coefficient (Wildman–Crippen LogP) is 1.07. The first-order chi connectivity index (χ1) is 8.72. The van der Waals surface area contributed by atoms with E-state index in [-0.39, 0.29) is 17.6 Å². The highest BCUT2D eigenvalue weighted by atomic mass is 32.1. The molecule has 1 rings (SSSR count). The van der Waals surface area contributed by atoms with E-state index in [9.17, 15) is 4.79 Å². The van der Waals surface area contributed by atoms with Gasteiger partial charge in [0.15, 0.2) is 5.11 Å². The molecule has 0 saturated heterocycles. The minimum absolute atomic E-state index is 0.0947. The Balaban J connectivity index is 2.33. The van der Waals surface area contributed by atoms with Crippen molar-refractivity contribution in [1.82, 2.24) is 10.6 Å². The van der Waals surface area contributed by atoms with Crippen LogP contribution in [0.15, 0.2) is 36.4 Å². The van der Waals surface area contributed by atoms with Crippen LogP contribution in [0.4, 0.5) is 0 Å². The summed E-state index contributed by atoms with van der Waals surface area (Å²) in [6, 6.07) is 9.53. The standard InChI is InChI=1S/C13H16N2O2S/c16-10-4-9-14-13(18)15-12(17)8-7-11-5-2-1-3-6-11/h1-3,5-8,16H,4,9-10H2,(H2,14,15,17,18). The zero-order chi connectivity index (χ0) is 13.2. The average Bonchev–Trinajstić information content (AvgIpc) is 2.38. The molecular formula is C13H16N2O2S. The van der Waals surface area contributed by atoms with Crippen molar-refractivity contribution in [2.24, 2.45) is 0 Å². The molecule has 3 N–H and O–H groups in total. The average molecular weight is 264 g/mol. The van der Waals surface area contributed by atoms with Crippen molar-refractivity contribution in [2.45, 2.75) is 6.42 Å². The maximum Gasteiger partial charge on any atom is 0.250 e. The highest BCUT2D eigenvalue weighted by Gasteiger charge is 1.99. The lowest BCUT2D eigenvalue weighted by molar-refractivity contribution is -0.115. The summed E-state index contributed by atoms with van der Waals surface area (Å²) < 4.78 is 0. The normalized spacial score (nSPS) is 10.3. The van der Waals surface area contributed by atoms with Crippen molar-refractivity contribution >= 4 is 29.3 Å². The number of amides is 1. The maximum atomic E-state index is 11.5. The highest BCUT2D eigenvalue weighted by Crippen LogP contribution is 2.00. The molecule has 0 radical (unpaired) electrons. The first-order valence-corrected chi connectivity index (χ1v) is 6.06. The predicted molar refractivity (Wildman–Crippen MR) is 75.9 cm³/mol. The summed E-state index contributed by atoms with van der Waals surface area (Å²) in [5, 5.41) is 14.2. The smallest absolute Gasteiger partial charge is 0.250 e. The molecule has 0 aliphatic heterocycles. The fraction of sp³-hybridized carbons (Fsp3) is 0.231. The van der Waals surface area contributed by atoms with Crippen LogP contribution in [0.2, 0.25) is 0 Å². The molecule has 0 atom stereocenters. The minimum Gasteiger partial charge on any atom is -0.396 e. The molecule has 1 aromatic carbocycles. The number of carbonyl (C=O) groups excluding carboxylic acids is 1. The number of thiocarbonyl (C=S) groups is 1. The quantitative estimate of drug-likeness (QED) is 0.423. The summed E-state index contributed by atoms with van der Waals surface area (Å²) in [7, 11) is 0. The fourth-order valence-corrected chi connectivity index (χ4v) is 1.42. The van der Waals surface area contributed by atoms with Gasteiger partial charge in [-0.1, -0.05) is 30.3 Å². The molecule has 96 valence electrons. The SMILES string of the molecule is O=C(C=Cc1ccccc1)NC(=S)NCCCO. The molecule has 0 aliphatic rings. The number of benzene rings is 1. The van der Waals surface area contributed by atoms with E-state index in [2.05, 4.69) is 10.6 Å². The van der Waals surface area contributed by atoms with Crippen molar-refractivity contribution in [3.63, 3.8) is 0 Å². The van der Waals surface area contributed by atoms with Crippen LogP contribution in [0.25, 0.3) is 6.08 Å². The highest BCUT2D eigenvalue weighted by molar-refractivity contribution is 7.80. The molecule has 0 heterocycles. The van der Waals surface area contributed by atoms with Crippen LogP contribution in [0.3, 0.4) is 0 Å². The van der Waals surface area contributed by atoms with Gasteiger partial charge in [0, 0.05) is 19.2 Å². The Hall–Kier alpha value is -1.72. The Morgan fingerprint density at radius 3 is 2.72 bits per heavy atom. The number of aliphatic hydroxyl groups excluding tert-OH is 1. The van der Waals surface area contributed by atoms with Crippen molar-refractivity contribution in [3.05, 3.63) is 42.0 Å². The number of hydrogen-bond acceptors (Lipinski definition) is 3. The maximum absolute atomic E-state index is 11.5. The van der Waals surface area contributed by atoms with E-state index in [1.807, 2.05) is 30.3 Å². The third-order valence-corrected chi connectivity index (χ3v) is 2.33. The minimum atomic E-state index is -0.277.